The molecule has 3 N–H and O–H groups in total. The van der Waals surface area contributed by atoms with E-state index >= 15 is 0 Å². The molecule has 224 valence electrons. The van der Waals surface area contributed by atoms with Crippen molar-refractivity contribution in [1.29, 1.82) is 0 Å². The molecule has 2 aromatic carbocycles. The predicted molar refractivity (Wildman–Crippen MR) is 149 cm³/mol. The number of hydrogen-bond acceptors (Lipinski definition) is 8. The highest BCUT2D eigenvalue weighted by atomic mass is 19.1. The second-order valence-electron chi connectivity index (χ2n) is 11.0. The van der Waals surface area contributed by atoms with Crippen LogP contribution in [0, 0.1) is 5.82 Å². The van der Waals surface area contributed by atoms with Crippen LogP contribution in [0.2, 0.25) is 0 Å². The first-order chi connectivity index (χ1) is 19.4. The summed E-state index contributed by atoms with van der Waals surface area (Å²) in [6.45, 7) is 11.4. The lowest BCUT2D eigenvalue weighted by Gasteiger charge is -2.34. The number of aliphatic hydroxyl groups is 1. The molecule has 0 saturated carbocycles. The zero-order valence-corrected chi connectivity index (χ0v) is 24.2. The Bertz CT molecular complexity index is 1230. The first-order valence-electron chi connectivity index (χ1n) is 13.7. The van der Waals surface area contributed by atoms with E-state index in [0.717, 1.165) is 23.6 Å². The Labute approximate surface area is 240 Å². The Morgan fingerprint density at radius 2 is 1.90 bits per heavy atom. The van der Waals surface area contributed by atoms with E-state index < -0.39 is 17.5 Å². The minimum absolute atomic E-state index is 0.0245. The van der Waals surface area contributed by atoms with Crippen LogP contribution in [-0.4, -0.2) is 70.8 Å². The Morgan fingerprint density at radius 1 is 1.20 bits per heavy atom. The second-order valence-corrected chi connectivity index (χ2v) is 11.0. The highest BCUT2D eigenvalue weighted by molar-refractivity contribution is 6.02. The molecular weight excluding hydrogens is 533 g/mol. The van der Waals surface area contributed by atoms with Crippen molar-refractivity contribution in [3.8, 4) is 5.75 Å². The molecule has 4 rings (SSSR count). The standard InChI is InChI=1S/C25H30FN3O5.C5H10O2/c1-2-8-25(32,24(27)31)29-15-20-19(23(29)30)4-3-5-22(20)34-16-18-13-17(6-7-21(18)26)14-28-9-11-33-12-10-28;1-5(2,3)7-4-6/h3-7,13,32H,2,8-12,14-16H2,1H3,(H2,27,31);4H,1-3H3. The van der Waals surface area contributed by atoms with E-state index in [-0.39, 0.29) is 31.0 Å². The number of carbonyl (C=O) groups is 3. The molecular formula is C30H40FN3O7. The van der Waals surface area contributed by atoms with Gasteiger partial charge in [0.2, 0.25) is 5.72 Å². The molecule has 2 aliphatic rings. The maximum atomic E-state index is 14.5. The number of nitrogens with zero attached hydrogens (tertiary/aromatic N) is 2. The van der Waals surface area contributed by atoms with Gasteiger partial charge in [-0.2, -0.15) is 0 Å². The van der Waals surface area contributed by atoms with Crippen LogP contribution in [0.4, 0.5) is 4.39 Å². The number of amides is 2. The number of fused-ring (bicyclic) bond motifs is 1. The van der Waals surface area contributed by atoms with Gasteiger partial charge < -0.3 is 25.1 Å². The summed E-state index contributed by atoms with van der Waals surface area (Å²) in [6.07, 6.45) is 0.488. The van der Waals surface area contributed by atoms with Gasteiger partial charge in [-0.05, 0) is 50.6 Å². The summed E-state index contributed by atoms with van der Waals surface area (Å²) in [5, 5.41) is 10.9. The van der Waals surface area contributed by atoms with E-state index in [1.807, 2.05) is 20.8 Å². The van der Waals surface area contributed by atoms with Crippen molar-refractivity contribution < 1.29 is 38.1 Å². The van der Waals surface area contributed by atoms with Crippen LogP contribution < -0.4 is 10.5 Å². The summed E-state index contributed by atoms with van der Waals surface area (Å²) in [4.78, 5) is 37.9. The molecule has 1 saturated heterocycles. The lowest BCUT2D eigenvalue weighted by atomic mass is 10.1. The topological polar surface area (TPSA) is 132 Å². The predicted octanol–water partition coefficient (Wildman–Crippen LogP) is 3.12. The maximum absolute atomic E-state index is 14.5. The van der Waals surface area contributed by atoms with Gasteiger partial charge >= 0.3 is 0 Å². The lowest BCUT2D eigenvalue weighted by molar-refractivity contribution is -0.156. The summed E-state index contributed by atoms with van der Waals surface area (Å²) < 4.78 is 30.4. The second kappa shape index (κ2) is 13.9. The number of rotatable bonds is 10. The number of morpholine rings is 1. The summed E-state index contributed by atoms with van der Waals surface area (Å²) in [7, 11) is 0. The average Bonchev–Trinajstić information content (AvgIpc) is 3.27. The van der Waals surface area contributed by atoms with Crippen LogP contribution in [0.15, 0.2) is 36.4 Å². The van der Waals surface area contributed by atoms with Crippen molar-refractivity contribution in [3.05, 3.63) is 64.5 Å². The molecule has 41 heavy (non-hydrogen) atoms. The van der Waals surface area contributed by atoms with Gasteiger partial charge in [0.25, 0.3) is 18.3 Å². The molecule has 2 aromatic rings. The van der Waals surface area contributed by atoms with Crippen LogP contribution in [-0.2, 0) is 38.8 Å². The van der Waals surface area contributed by atoms with E-state index in [4.69, 9.17) is 15.2 Å². The first kappa shape index (κ1) is 32.0. The Hall–Kier alpha value is -3.54. The van der Waals surface area contributed by atoms with Gasteiger partial charge in [-0.3, -0.25) is 24.2 Å². The van der Waals surface area contributed by atoms with Crippen molar-refractivity contribution in [1.82, 2.24) is 9.80 Å². The molecule has 0 aliphatic carbocycles. The highest BCUT2D eigenvalue weighted by Crippen LogP contribution is 2.36. The van der Waals surface area contributed by atoms with Crippen LogP contribution in [0.25, 0.3) is 0 Å². The molecule has 0 bridgehead atoms. The van der Waals surface area contributed by atoms with Gasteiger partial charge in [-0.1, -0.05) is 25.5 Å². The van der Waals surface area contributed by atoms with Crippen molar-refractivity contribution in [2.45, 2.75) is 71.6 Å². The molecule has 2 aliphatic heterocycles. The van der Waals surface area contributed by atoms with Gasteiger partial charge in [-0.25, -0.2) is 4.39 Å². The molecule has 1 fully saturated rings. The normalized spacial score (nSPS) is 16.7. The zero-order valence-electron chi connectivity index (χ0n) is 24.2. The van der Waals surface area contributed by atoms with Gasteiger partial charge in [-0.15, -0.1) is 0 Å². The third kappa shape index (κ3) is 8.25. The van der Waals surface area contributed by atoms with Crippen molar-refractivity contribution in [3.63, 3.8) is 0 Å². The van der Waals surface area contributed by atoms with Crippen molar-refractivity contribution in [2.75, 3.05) is 26.3 Å². The van der Waals surface area contributed by atoms with Crippen LogP contribution in [0.5, 0.6) is 5.75 Å². The lowest BCUT2D eigenvalue weighted by Crippen LogP contribution is -2.57. The largest absolute Gasteiger partial charge is 0.488 e. The number of carbonyl (C=O) groups excluding carboxylic acids is 3. The fourth-order valence-electron chi connectivity index (χ4n) is 4.63. The average molecular weight is 574 g/mol. The molecule has 0 aromatic heterocycles. The number of nitrogens with two attached hydrogens (primary N) is 1. The highest BCUT2D eigenvalue weighted by Gasteiger charge is 2.47. The smallest absolute Gasteiger partial charge is 0.293 e. The quantitative estimate of drug-likeness (QED) is 0.415. The van der Waals surface area contributed by atoms with E-state index in [1.54, 1.807) is 37.3 Å². The number of halogens is 1. The van der Waals surface area contributed by atoms with E-state index in [1.165, 1.54) is 6.07 Å². The van der Waals surface area contributed by atoms with Gasteiger partial charge in [0.1, 0.15) is 23.8 Å². The Kier molecular flexibility index (Phi) is 10.8. The first-order valence-corrected chi connectivity index (χ1v) is 13.7. The molecule has 11 heteroatoms. The maximum Gasteiger partial charge on any atom is 0.293 e. The molecule has 2 amide bonds. The third-order valence-electron chi connectivity index (χ3n) is 6.77. The van der Waals surface area contributed by atoms with Crippen molar-refractivity contribution in [2.24, 2.45) is 5.73 Å². The van der Waals surface area contributed by atoms with Gasteiger partial charge in [0.15, 0.2) is 0 Å². The number of primary amides is 1. The molecule has 1 unspecified atom stereocenters. The molecule has 2 heterocycles. The fraction of sp³-hybridized carbons (Fsp3) is 0.500. The molecule has 0 radical (unpaired) electrons. The molecule has 0 spiro atoms. The van der Waals surface area contributed by atoms with Crippen LogP contribution in [0.1, 0.15) is 67.6 Å². The zero-order chi connectivity index (χ0) is 30.2. The van der Waals surface area contributed by atoms with Crippen molar-refractivity contribution >= 4 is 18.3 Å². The monoisotopic (exact) mass is 573 g/mol. The minimum Gasteiger partial charge on any atom is -0.488 e. The summed E-state index contributed by atoms with van der Waals surface area (Å²) in [5.74, 6) is -1.44. The summed E-state index contributed by atoms with van der Waals surface area (Å²) in [5.41, 5.74) is 5.29. The Balaban J connectivity index is 0.000000587. The molecule has 10 nitrogen and oxygen atoms in total. The van der Waals surface area contributed by atoms with Crippen LogP contribution >= 0.6 is 0 Å². The van der Waals surface area contributed by atoms with Crippen LogP contribution in [0.3, 0.4) is 0 Å². The van der Waals surface area contributed by atoms with E-state index in [0.29, 0.717) is 55.1 Å². The van der Waals surface area contributed by atoms with E-state index in [9.17, 15) is 23.9 Å². The SMILES string of the molecule is CC(C)(C)OC=O.CCCC(O)(C(N)=O)N1Cc2c(OCc3cc(CN4CCOCC4)ccc3F)cccc2C1=O. The Morgan fingerprint density at radius 3 is 2.49 bits per heavy atom. The van der Waals surface area contributed by atoms with E-state index in [2.05, 4.69) is 9.64 Å². The number of benzene rings is 2. The summed E-state index contributed by atoms with van der Waals surface area (Å²) >= 11 is 0. The number of ether oxygens (including phenoxy) is 3. The fourth-order valence-corrected chi connectivity index (χ4v) is 4.63. The van der Waals surface area contributed by atoms with Gasteiger partial charge in [0, 0.05) is 42.7 Å². The number of hydrogen-bond donors (Lipinski definition) is 2. The van der Waals surface area contributed by atoms with Gasteiger partial charge in [0.05, 0.1) is 19.8 Å². The minimum atomic E-state index is -2.08. The molecule has 1 atom stereocenters. The third-order valence-corrected chi connectivity index (χ3v) is 6.77. The summed E-state index contributed by atoms with van der Waals surface area (Å²) in [6, 6.07) is 9.95.